The molecular weight excluding hydrogens is 396 g/mol. The highest BCUT2D eigenvalue weighted by atomic mass is 16.7. The number of hydrogen-bond acceptors (Lipinski definition) is 5. The van der Waals surface area contributed by atoms with E-state index in [9.17, 15) is 4.79 Å². The number of likely N-dealkylation sites (N-methyl/N-ethyl adjacent to an activating group) is 1. The molecule has 1 unspecified atom stereocenters. The lowest BCUT2D eigenvalue weighted by molar-refractivity contribution is -0.897. The van der Waals surface area contributed by atoms with E-state index in [0.29, 0.717) is 0 Å². The summed E-state index contributed by atoms with van der Waals surface area (Å²) in [6, 6.07) is 8.71. The van der Waals surface area contributed by atoms with Crippen LogP contribution in [0, 0.1) is 0 Å². The molecule has 4 rings (SSSR count). The number of piperazine rings is 2. The number of carboxylic acid groups (broad SMARTS) is 1. The Morgan fingerprint density at radius 2 is 1.90 bits per heavy atom. The van der Waals surface area contributed by atoms with Gasteiger partial charge in [0.05, 0.1) is 43.9 Å². The number of hydroxylamine groups is 1. The zero-order valence-electron chi connectivity index (χ0n) is 18.4. The maximum absolute atomic E-state index is 10.9. The number of quaternary nitrogens is 1. The third-order valence-electron chi connectivity index (χ3n) is 6.75. The number of amidine groups is 1. The van der Waals surface area contributed by atoms with Gasteiger partial charge in [-0.25, -0.2) is 4.79 Å². The fourth-order valence-corrected chi connectivity index (χ4v) is 4.70. The first kappa shape index (κ1) is 22.2. The first-order valence-electron chi connectivity index (χ1n) is 11.3. The largest absolute Gasteiger partial charge is 0.477 e. The molecule has 3 aliphatic heterocycles. The van der Waals surface area contributed by atoms with Crippen molar-refractivity contribution in [2.24, 2.45) is 5.73 Å². The second-order valence-corrected chi connectivity index (χ2v) is 9.06. The topological polar surface area (TPSA) is 98.5 Å². The molecule has 5 N–H and O–H groups in total. The molecular formula is C22H36N6O3+2. The Labute approximate surface area is 184 Å². The third kappa shape index (κ3) is 5.81. The molecule has 3 aliphatic rings. The van der Waals surface area contributed by atoms with Crippen molar-refractivity contribution < 1.29 is 24.2 Å². The highest BCUT2D eigenvalue weighted by Crippen LogP contribution is 2.26. The standard InChI is InChI=1S/C22H34N6O3/c1-25-6-12-28(13-7-25)22(23)18-4-2-17(3-5-18)20-14-19(31-24-20)15-26-8-10-27(11-9-26)16-21(29)30/h2-5,19-20,23-24H,6-16H2,1H3,(H,29,30)/p+2/t19-,20?/m0/s1. The van der Waals surface area contributed by atoms with Crippen LogP contribution in [0.5, 0.6) is 0 Å². The van der Waals surface area contributed by atoms with Gasteiger partial charge in [-0.3, -0.25) is 24.9 Å². The van der Waals surface area contributed by atoms with Gasteiger partial charge in [0.2, 0.25) is 0 Å². The minimum absolute atomic E-state index is 0.146. The second-order valence-electron chi connectivity index (χ2n) is 9.06. The molecule has 0 bridgehead atoms. The minimum Gasteiger partial charge on any atom is -0.477 e. The maximum atomic E-state index is 10.9. The number of nitrogens with zero attached hydrogens (tertiary/aromatic N) is 3. The molecule has 0 spiro atoms. The maximum Gasteiger partial charge on any atom is 0.359 e. The molecule has 3 fully saturated rings. The number of benzene rings is 1. The van der Waals surface area contributed by atoms with Crippen LogP contribution in [0.1, 0.15) is 23.6 Å². The summed E-state index contributed by atoms with van der Waals surface area (Å²) in [6.45, 7) is 8.71. The molecule has 9 heteroatoms. The average Bonchev–Trinajstić information content (AvgIpc) is 3.23. The van der Waals surface area contributed by atoms with Gasteiger partial charge < -0.3 is 10.0 Å². The predicted molar refractivity (Wildman–Crippen MR) is 117 cm³/mol. The average molecular weight is 433 g/mol. The fourth-order valence-electron chi connectivity index (χ4n) is 4.70. The summed E-state index contributed by atoms with van der Waals surface area (Å²) >= 11 is 0. The van der Waals surface area contributed by atoms with E-state index in [1.165, 1.54) is 5.56 Å². The summed E-state index contributed by atoms with van der Waals surface area (Å²) in [4.78, 5) is 22.6. The van der Waals surface area contributed by atoms with Gasteiger partial charge in [-0.15, -0.1) is 0 Å². The summed E-state index contributed by atoms with van der Waals surface area (Å²) in [5, 5.41) is 8.95. The molecule has 0 radical (unpaired) electrons. The number of carbonyl (C=O) groups is 1. The van der Waals surface area contributed by atoms with E-state index in [2.05, 4.69) is 51.2 Å². The monoisotopic (exact) mass is 432 g/mol. The van der Waals surface area contributed by atoms with Crippen molar-refractivity contribution in [1.29, 1.82) is 0 Å². The summed E-state index contributed by atoms with van der Waals surface area (Å²) in [5.41, 5.74) is 11.9. The van der Waals surface area contributed by atoms with E-state index in [1.54, 1.807) is 0 Å². The van der Waals surface area contributed by atoms with Gasteiger partial charge in [-0.05, 0) is 31.2 Å². The van der Waals surface area contributed by atoms with Gasteiger partial charge in [0.25, 0.3) is 5.84 Å². The summed E-state index contributed by atoms with van der Waals surface area (Å²) < 4.78 is 2.26. The number of rotatable bonds is 6. The molecule has 0 aromatic heterocycles. The Morgan fingerprint density at radius 1 is 1.23 bits per heavy atom. The zero-order chi connectivity index (χ0) is 21.8. The van der Waals surface area contributed by atoms with Crippen LogP contribution in [0.3, 0.4) is 0 Å². The quantitative estimate of drug-likeness (QED) is 0.304. The van der Waals surface area contributed by atoms with Crippen LogP contribution in [0.2, 0.25) is 0 Å². The summed E-state index contributed by atoms with van der Waals surface area (Å²) in [7, 11) is 2.15. The summed E-state index contributed by atoms with van der Waals surface area (Å²) in [5.74, 6) is 0.140. The first-order chi connectivity index (χ1) is 15.0. The van der Waals surface area contributed by atoms with Crippen molar-refractivity contribution in [3.8, 4) is 0 Å². The molecule has 1 aromatic rings. The molecule has 0 aliphatic carbocycles. The lowest BCUT2D eigenvalue weighted by Gasteiger charge is -2.32. The molecule has 1 aromatic carbocycles. The van der Waals surface area contributed by atoms with Crippen LogP contribution in [0.25, 0.3) is 0 Å². The van der Waals surface area contributed by atoms with Crippen molar-refractivity contribution in [3.05, 3.63) is 35.4 Å². The number of nitrogens with two attached hydrogens (primary N) is 1. The van der Waals surface area contributed by atoms with Crippen molar-refractivity contribution >= 4 is 11.8 Å². The Kier molecular flexibility index (Phi) is 7.19. The number of aliphatic carboxylic acids is 1. The van der Waals surface area contributed by atoms with Crippen LogP contribution in [0.4, 0.5) is 0 Å². The smallest absolute Gasteiger partial charge is 0.359 e. The second kappa shape index (κ2) is 10.1. The van der Waals surface area contributed by atoms with E-state index in [-0.39, 0.29) is 18.7 Å². The Balaban J connectivity index is 1.27. The lowest BCUT2D eigenvalue weighted by atomic mass is 10.0. The van der Waals surface area contributed by atoms with Crippen molar-refractivity contribution in [2.45, 2.75) is 18.6 Å². The first-order valence-corrected chi connectivity index (χ1v) is 11.3. The number of hydrogen-bond donors (Lipinski definition) is 4. The highest BCUT2D eigenvalue weighted by Gasteiger charge is 2.30. The van der Waals surface area contributed by atoms with Gasteiger partial charge in [0, 0.05) is 32.7 Å². The van der Waals surface area contributed by atoms with E-state index in [4.69, 9.17) is 15.7 Å². The van der Waals surface area contributed by atoms with E-state index in [0.717, 1.165) is 81.6 Å². The number of carboxylic acids is 1. The zero-order valence-corrected chi connectivity index (χ0v) is 18.4. The fraction of sp³-hybridized carbons (Fsp3) is 0.636. The van der Waals surface area contributed by atoms with Crippen LogP contribution in [-0.2, 0) is 9.63 Å². The molecule has 0 amide bonds. The third-order valence-corrected chi connectivity index (χ3v) is 6.75. The number of nitrogens with one attached hydrogen (secondary N) is 2. The van der Waals surface area contributed by atoms with Gasteiger partial charge in [-0.2, -0.15) is 5.48 Å². The van der Waals surface area contributed by atoms with Crippen LogP contribution in [-0.4, -0.2) is 110 Å². The Bertz CT molecular complexity index is 781. The SMILES string of the molecule is CN1CC[N+](=C(N)c2ccc(C3C[C@@H](CN4CC[NH+](CC(=O)O)CC4)ON3)cc2)CC1. The minimum atomic E-state index is -0.719. The van der Waals surface area contributed by atoms with Gasteiger partial charge in [-0.1, -0.05) is 12.1 Å². The molecule has 170 valence electrons. The highest BCUT2D eigenvalue weighted by molar-refractivity contribution is 5.93. The van der Waals surface area contributed by atoms with E-state index < -0.39 is 5.97 Å². The predicted octanol–water partition coefficient (Wildman–Crippen LogP) is -2.03. The molecule has 3 saturated heterocycles. The van der Waals surface area contributed by atoms with Crippen molar-refractivity contribution in [2.75, 3.05) is 72.5 Å². The van der Waals surface area contributed by atoms with Gasteiger partial charge >= 0.3 is 5.97 Å². The lowest BCUT2D eigenvalue weighted by Crippen LogP contribution is -3.15. The molecule has 31 heavy (non-hydrogen) atoms. The van der Waals surface area contributed by atoms with Crippen LogP contribution >= 0.6 is 0 Å². The van der Waals surface area contributed by atoms with Crippen LogP contribution in [0.15, 0.2) is 24.3 Å². The van der Waals surface area contributed by atoms with Crippen LogP contribution < -0.4 is 16.1 Å². The normalized spacial score (nSPS) is 26.3. The summed E-state index contributed by atoms with van der Waals surface area (Å²) in [6.07, 6.45) is 1.08. The Morgan fingerprint density at radius 3 is 2.55 bits per heavy atom. The van der Waals surface area contributed by atoms with Crippen molar-refractivity contribution in [1.82, 2.24) is 15.3 Å². The van der Waals surface area contributed by atoms with Crippen molar-refractivity contribution in [3.63, 3.8) is 0 Å². The molecule has 0 saturated carbocycles. The van der Waals surface area contributed by atoms with Gasteiger partial charge in [0.15, 0.2) is 6.54 Å². The molecule has 3 heterocycles. The van der Waals surface area contributed by atoms with E-state index >= 15 is 0 Å². The molecule has 2 atom stereocenters. The molecule has 9 nitrogen and oxygen atoms in total. The van der Waals surface area contributed by atoms with E-state index in [1.807, 2.05) is 0 Å². The Hall–Kier alpha value is -2.04. The van der Waals surface area contributed by atoms with Gasteiger partial charge in [0.1, 0.15) is 0 Å².